The summed E-state index contributed by atoms with van der Waals surface area (Å²) in [5, 5.41) is 5.44. The van der Waals surface area contributed by atoms with Crippen molar-refractivity contribution in [3.8, 4) is 5.75 Å². The highest BCUT2D eigenvalue weighted by Gasteiger charge is 2.32. The molecule has 1 heterocycles. The number of thiophene rings is 1. The molecule has 3 rings (SSSR count). The van der Waals surface area contributed by atoms with Crippen molar-refractivity contribution < 1.29 is 19.1 Å². The number of amides is 1. The average Bonchev–Trinajstić information content (AvgIpc) is 3.41. The van der Waals surface area contributed by atoms with Gasteiger partial charge in [0, 0.05) is 4.90 Å². The number of benzene rings is 1. The van der Waals surface area contributed by atoms with Crippen LogP contribution in [0.1, 0.15) is 41.6 Å². The second-order valence-corrected chi connectivity index (χ2v) is 7.83. The van der Waals surface area contributed by atoms with E-state index >= 15 is 0 Å². The van der Waals surface area contributed by atoms with E-state index in [4.69, 9.17) is 9.47 Å². The van der Waals surface area contributed by atoms with Crippen LogP contribution < -0.4 is 10.1 Å². The largest absolute Gasteiger partial charge is 0.497 e. The van der Waals surface area contributed by atoms with Crippen molar-refractivity contribution in [1.29, 1.82) is 0 Å². The lowest BCUT2D eigenvalue weighted by Gasteiger charge is -2.08. The van der Waals surface area contributed by atoms with Crippen molar-refractivity contribution >= 4 is 40.0 Å². The Bertz CT molecular complexity index is 781. The third-order valence-electron chi connectivity index (χ3n) is 4.00. The molecule has 0 unspecified atom stereocenters. The molecule has 2 aromatic rings. The van der Waals surface area contributed by atoms with Crippen LogP contribution in [-0.4, -0.2) is 31.3 Å². The summed E-state index contributed by atoms with van der Waals surface area (Å²) in [6, 6.07) is 7.55. The summed E-state index contributed by atoms with van der Waals surface area (Å²) < 4.78 is 10.3. The lowest BCUT2D eigenvalue weighted by molar-refractivity contribution is -0.113. The van der Waals surface area contributed by atoms with E-state index in [0.717, 1.165) is 29.1 Å². The molecule has 26 heavy (non-hydrogen) atoms. The van der Waals surface area contributed by atoms with Gasteiger partial charge in [-0.2, -0.15) is 0 Å². The van der Waals surface area contributed by atoms with Crippen LogP contribution in [0.15, 0.2) is 34.5 Å². The van der Waals surface area contributed by atoms with Crippen molar-refractivity contribution in [2.75, 3.05) is 24.8 Å². The molecule has 1 aliphatic rings. The second kappa shape index (κ2) is 8.60. The first-order valence-electron chi connectivity index (χ1n) is 8.47. The topological polar surface area (TPSA) is 64.6 Å². The Hall–Kier alpha value is -1.99. The van der Waals surface area contributed by atoms with E-state index in [1.165, 1.54) is 23.1 Å². The molecule has 138 valence electrons. The third-order valence-corrected chi connectivity index (χ3v) is 5.92. The molecule has 0 atom stereocenters. The van der Waals surface area contributed by atoms with E-state index in [1.54, 1.807) is 14.0 Å². The number of hydrogen-bond donors (Lipinski definition) is 1. The minimum absolute atomic E-state index is 0.138. The molecule has 0 aliphatic heterocycles. The number of esters is 1. The number of carbonyl (C=O) groups is 2. The van der Waals surface area contributed by atoms with E-state index in [2.05, 4.69) is 5.32 Å². The quantitative estimate of drug-likeness (QED) is 0.529. The fraction of sp³-hybridized carbons (Fsp3) is 0.368. The normalized spacial score (nSPS) is 13.3. The van der Waals surface area contributed by atoms with Crippen LogP contribution in [0.2, 0.25) is 0 Å². The number of ether oxygens (including phenoxy) is 2. The van der Waals surface area contributed by atoms with Gasteiger partial charge in [-0.15, -0.1) is 23.1 Å². The Morgan fingerprint density at radius 2 is 2.00 bits per heavy atom. The lowest BCUT2D eigenvalue weighted by Crippen LogP contribution is -2.16. The average molecular weight is 392 g/mol. The molecule has 1 aromatic carbocycles. The van der Waals surface area contributed by atoms with E-state index in [0.29, 0.717) is 23.1 Å². The van der Waals surface area contributed by atoms with Crippen LogP contribution in [0.25, 0.3) is 0 Å². The highest BCUT2D eigenvalue weighted by atomic mass is 32.2. The highest BCUT2D eigenvalue weighted by molar-refractivity contribution is 8.00. The maximum Gasteiger partial charge on any atom is 0.341 e. The van der Waals surface area contributed by atoms with Crippen molar-refractivity contribution in [3.05, 3.63) is 40.8 Å². The highest BCUT2D eigenvalue weighted by Crippen LogP contribution is 2.46. The lowest BCUT2D eigenvalue weighted by atomic mass is 10.1. The van der Waals surface area contributed by atoms with Crippen molar-refractivity contribution in [2.24, 2.45) is 0 Å². The molecule has 1 aliphatic carbocycles. The molecule has 1 fully saturated rings. The maximum atomic E-state index is 12.3. The summed E-state index contributed by atoms with van der Waals surface area (Å²) in [7, 11) is 1.62. The van der Waals surface area contributed by atoms with Gasteiger partial charge in [-0.25, -0.2) is 4.79 Å². The number of hydrogen-bond acceptors (Lipinski definition) is 6. The molecule has 0 saturated heterocycles. The zero-order valence-electron chi connectivity index (χ0n) is 14.7. The number of rotatable bonds is 8. The summed E-state index contributed by atoms with van der Waals surface area (Å²) in [6.07, 6.45) is 2.17. The minimum atomic E-state index is -0.353. The Morgan fingerprint density at radius 3 is 2.62 bits per heavy atom. The molecule has 0 bridgehead atoms. The maximum absolute atomic E-state index is 12.3. The van der Waals surface area contributed by atoms with Crippen LogP contribution in [0.4, 0.5) is 5.00 Å². The molecule has 0 radical (unpaired) electrons. The predicted molar refractivity (Wildman–Crippen MR) is 105 cm³/mol. The SMILES string of the molecule is CCOC(=O)c1c(C2CC2)csc1NC(=O)CSc1ccc(OC)cc1. The van der Waals surface area contributed by atoms with Gasteiger partial charge in [0.05, 0.1) is 25.0 Å². The number of methoxy groups -OCH3 is 1. The first-order valence-corrected chi connectivity index (χ1v) is 10.3. The van der Waals surface area contributed by atoms with Gasteiger partial charge in [-0.1, -0.05) is 0 Å². The Labute approximate surface area is 161 Å². The third kappa shape index (κ3) is 4.59. The fourth-order valence-electron chi connectivity index (χ4n) is 2.56. The standard InChI is InChI=1S/C19H21NO4S2/c1-3-24-19(22)17-15(12-4-5-12)10-26-18(17)20-16(21)11-25-14-8-6-13(23-2)7-9-14/h6-10,12H,3-5,11H2,1-2H3,(H,20,21). The molecule has 1 amide bonds. The summed E-state index contributed by atoms with van der Waals surface area (Å²) in [6.45, 7) is 2.10. The number of thioether (sulfide) groups is 1. The summed E-state index contributed by atoms with van der Waals surface area (Å²) >= 11 is 2.83. The summed E-state index contributed by atoms with van der Waals surface area (Å²) in [5.41, 5.74) is 1.54. The molecule has 7 heteroatoms. The summed E-state index contributed by atoms with van der Waals surface area (Å²) in [4.78, 5) is 25.6. The zero-order valence-corrected chi connectivity index (χ0v) is 16.4. The number of carbonyl (C=O) groups excluding carboxylic acids is 2. The smallest absolute Gasteiger partial charge is 0.341 e. The molecule has 0 spiro atoms. The van der Waals surface area contributed by atoms with Crippen LogP contribution in [0, 0.1) is 0 Å². The van der Waals surface area contributed by atoms with Crippen LogP contribution in [0.3, 0.4) is 0 Å². The van der Waals surface area contributed by atoms with Gasteiger partial charge in [0.1, 0.15) is 10.8 Å². The van der Waals surface area contributed by atoms with Crippen LogP contribution in [0.5, 0.6) is 5.75 Å². The van der Waals surface area contributed by atoms with E-state index < -0.39 is 0 Å². The number of nitrogens with one attached hydrogen (secondary N) is 1. The zero-order chi connectivity index (χ0) is 18.5. The minimum Gasteiger partial charge on any atom is -0.497 e. The van der Waals surface area contributed by atoms with Gasteiger partial charge in [0.15, 0.2) is 0 Å². The van der Waals surface area contributed by atoms with E-state index in [9.17, 15) is 9.59 Å². The number of anilines is 1. The van der Waals surface area contributed by atoms with E-state index in [1.807, 2.05) is 29.6 Å². The van der Waals surface area contributed by atoms with Gasteiger partial charge in [-0.05, 0) is 60.9 Å². The van der Waals surface area contributed by atoms with Crippen molar-refractivity contribution in [3.63, 3.8) is 0 Å². The molecule has 1 N–H and O–H groups in total. The second-order valence-electron chi connectivity index (χ2n) is 5.90. The summed E-state index contributed by atoms with van der Waals surface area (Å²) in [5.74, 6) is 0.981. The Balaban J connectivity index is 1.64. The molecular weight excluding hydrogens is 370 g/mol. The fourth-order valence-corrected chi connectivity index (χ4v) is 4.30. The van der Waals surface area contributed by atoms with Crippen molar-refractivity contribution in [2.45, 2.75) is 30.6 Å². The van der Waals surface area contributed by atoms with Gasteiger partial charge >= 0.3 is 5.97 Å². The molecule has 1 saturated carbocycles. The molecule has 1 aromatic heterocycles. The van der Waals surface area contributed by atoms with Gasteiger partial charge < -0.3 is 14.8 Å². The van der Waals surface area contributed by atoms with E-state index in [-0.39, 0.29) is 17.6 Å². The van der Waals surface area contributed by atoms with Gasteiger partial charge in [0.25, 0.3) is 0 Å². The van der Waals surface area contributed by atoms with Gasteiger partial charge in [-0.3, -0.25) is 4.79 Å². The van der Waals surface area contributed by atoms with Crippen LogP contribution in [-0.2, 0) is 9.53 Å². The van der Waals surface area contributed by atoms with Crippen LogP contribution >= 0.6 is 23.1 Å². The predicted octanol–water partition coefficient (Wildman–Crippen LogP) is 4.54. The van der Waals surface area contributed by atoms with Crippen molar-refractivity contribution in [1.82, 2.24) is 0 Å². The molecular formula is C19H21NO4S2. The Morgan fingerprint density at radius 1 is 1.27 bits per heavy atom. The molecule has 5 nitrogen and oxygen atoms in total. The first kappa shape index (κ1) is 18.8. The van der Waals surface area contributed by atoms with Gasteiger partial charge in [0.2, 0.25) is 5.91 Å². The Kier molecular flexibility index (Phi) is 6.21. The monoisotopic (exact) mass is 391 g/mol. The first-order chi connectivity index (χ1) is 12.6.